The minimum Gasteiger partial charge on any atom is -0.347 e. The van der Waals surface area contributed by atoms with Gasteiger partial charge in [-0.1, -0.05) is 36.4 Å². The van der Waals surface area contributed by atoms with Crippen LogP contribution in [-0.2, 0) is 16.1 Å². The maximum Gasteiger partial charge on any atom is 0.242 e. The molecule has 2 unspecified atom stereocenters. The molecule has 5 nitrogen and oxygen atoms in total. The third-order valence-electron chi connectivity index (χ3n) is 10.2. The molecule has 7 rings (SSSR count). The predicted octanol–water partition coefficient (Wildman–Crippen LogP) is 3.43. The molecule has 5 aliphatic rings. The minimum absolute atomic E-state index is 0.0625. The molecule has 1 heterocycles. The lowest BCUT2D eigenvalue weighted by atomic mass is 9.13. The second-order valence-corrected chi connectivity index (χ2v) is 11.5. The van der Waals surface area contributed by atoms with E-state index in [1.54, 1.807) is 0 Å². The molecule has 2 aromatic carbocycles. The molecule has 1 spiro atoms. The van der Waals surface area contributed by atoms with Gasteiger partial charge in [-0.15, -0.1) is 0 Å². The summed E-state index contributed by atoms with van der Waals surface area (Å²) < 4.78 is 0. The van der Waals surface area contributed by atoms with Gasteiger partial charge in [-0.2, -0.15) is 0 Å². The van der Waals surface area contributed by atoms with Crippen molar-refractivity contribution >= 4 is 22.6 Å². The molecule has 1 saturated heterocycles. The quantitative estimate of drug-likeness (QED) is 0.744. The number of nitrogens with zero attached hydrogens (tertiary/aromatic N) is 2. The molecular formula is C28H33N3O2. The van der Waals surface area contributed by atoms with Crippen molar-refractivity contribution < 1.29 is 9.59 Å². The summed E-state index contributed by atoms with van der Waals surface area (Å²) in [5.41, 5.74) is 2.21. The molecule has 1 N–H and O–H groups in total. The fourth-order valence-electron chi connectivity index (χ4n) is 8.87. The molecule has 0 radical (unpaired) electrons. The molecule has 1 aliphatic heterocycles. The first-order chi connectivity index (χ1) is 16.1. The molecule has 4 aliphatic carbocycles. The van der Waals surface area contributed by atoms with Gasteiger partial charge in [0.05, 0.1) is 6.54 Å². The van der Waals surface area contributed by atoms with Gasteiger partial charge in [0.25, 0.3) is 0 Å². The fourth-order valence-corrected chi connectivity index (χ4v) is 8.87. The van der Waals surface area contributed by atoms with E-state index in [2.05, 4.69) is 52.7 Å². The smallest absolute Gasteiger partial charge is 0.242 e. The van der Waals surface area contributed by atoms with Crippen molar-refractivity contribution in [2.75, 3.05) is 32.7 Å². The lowest BCUT2D eigenvalue weighted by Gasteiger charge is -2.91. The lowest BCUT2D eigenvalue weighted by Crippen LogP contribution is -2.85. The fraction of sp³-hybridized carbons (Fsp3) is 0.571. The number of amides is 2. The van der Waals surface area contributed by atoms with E-state index in [0.717, 1.165) is 50.5 Å². The zero-order chi connectivity index (χ0) is 22.2. The van der Waals surface area contributed by atoms with E-state index in [0.29, 0.717) is 17.3 Å². The first kappa shape index (κ1) is 20.0. The van der Waals surface area contributed by atoms with Gasteiger partial charge in [0.15, 0.2) is 0 Å². The van der Waals surface area contributed by atoms with Gasteiger partial charge >= 0.3 is 0 Å². The Morgan fingerprint density at radius 1 is 0.909 bits per heavy atom. The summed E-state index contributed by atoms with van der Waals surface area (Å²) in [7, 11) is 0. The average molecular weight is 444 g/mol. The van der Waals surface area contributed by atoms with E-state index in [-0.39, 0.29) is 18.4 Å². The predicted molar refractivity (Wildman–Crippen MR) is 127 cm³/mol. The number of fused-ring (bicyclic) bond motifs is 1. The third kappa shape index (κ3) is 2.75. The lowest BCUT2D eigenvalue weighted by molar-refractivity contribution is -0.430. The number of hydrogen-bond acceptors (Lipinski definition) is 3. The highest BCUT2D eigenvalue weighted by atomic mass is 16.2. The van der Waals surface area contributed by atoms with Crippen molar-refractivity contribution in [1.29, 1.82) is 0 Å². The maximum atomic E-state index is 12.7. The van der Waals surface area contributed by atoms with Crippen molar-refractivity contribution in [1.82, 2.24) is 15.1 Å². The van der Waals surface area contributed by atoms with Gasteiger partial charge in [-0.05, 0) is 76.7 Å². The largest absolute Gasteiger partial charge is 0.347 e. The van der Waals surface area contributed by atoms with Gasteiger partial charge in [0, 0.05) is 39.1 Å². The number of hydrogen-bond donors (Lipinski definition) is 1. The Hall–Kier alpha value is -2.40. The summed E-state index contributed by atoms with van der Waals surface area (Å²) in [5.74, 6) is 2.94. The van der Waals surface area contributed by atoms with Crippen molar-refractivity contribution in [2.24, 2.45) is 28.6 Å². The van der Waals surface area contributed by atoms with Crippen molar-refractivity contribution in [3.63, 3.8) is 0 Å². The van der Waals surface area contributed by atoms with E-state index in [1.807, 2.05) is 4.90 Å². The summed E-state index contributed by atoms with van der Waals surface area (Å²) >= 11 is 0. The molecule has 2 aromatic rings. The number of rotatable bonds is 6. The van der Waals surface area contributed by atoms with E-state index < -0.39 is 0 Å². The van der Waals surface area contributed by atoms with Crippen molar-refractivity contribution in [3.05, 3.63) is 48.0 Å². The second-order valence-electron chi connectivity index (χ2n) is 11.5. The monoisotopic (exact) mass is 443 g/mol. The zero-order valence-electron chi connectivity index (χ0n) is 19.3. The van der Waals surface area contributed by atoms with Gasteiger partial charge in [-0.3, -0.25) is 14.5 Å². The number of benzene rings is 2. The van der Waals surface area contributed by atoms with Crippen LogP contribution in [0, 0.1) is 28.6 Å². The summed E-state index contributed by atoms with van der Waals surface area (Å²) in [6, 6.07) is 15.1. The molecule has 33 heavy (non-hydrogen) atoms. The highest BCUT2D eigenvalue weighted by molar-refractivity contribution is 5.85. The van der Waals surface area contributed by atoms with Gasteiger partial charge < -0.3 is 10.2 Å². The van der Waals surface area contributed by atoms with Gasteiger partial charge in [0.1, 0.15) is 0 Å². The first-order valence-electron chi connectivity index (χ1n) is 12.8. The molecule has 0 aromatic heterocycles. The van der Waals surface area contributed by atoms with Gasteiger partial charge in [0.2, 0.25) is 11.8 Å². The Bertz CT molecular complexity index is 1110. The molecule has 4 saturated carbocycles. The van der Waals surface area contributed by atoms with Gasteiger partial charge in [-0.25, -0.2) is 0 Å². The SMILES string of the molecule is O=C(CC12CC3CC4CC(C1)C432)NCC(=O)N1CCN(Cc2ccc3ccccc3c2)CC1. The molecule has 5 heteroatoms. The normalized spacial score (nSPS) is 35.9. The molecule has 5 fully saturated rings. The van der Waals surface area contributed by atoms with E-state index in [4.69, 9.17) is 0 Å². The van der Waals surface area contributed by atoms with Crippen LogP contribution in [0.4, 0.5) is 0 Å². The van der Waals surface area contributed by atoms with Crippen molar-refractivity contribution in [2.45, 2.75) is 38.6 Å². The van der Waals surface area contributed by atoms with Crippen LogP contribution in [0.3, 0.4) is 0 Å². The number of carbonyl (C=O) groups is 2. The van der Waals surface area contributed by atoms with Crippen LogP contribution < -0.4 is 5.32 Å². The Morgan fingerprint density at radius 2 is 1.64 bits per heavy atom. The first-order valence-corrected chi connectivity index (χ1v) is 12.8. The molecule has 2 atom stereocenters. The number of carbonyl (C=O) groups excluding carboxylic acids is 2. The highest BCUT2D eigenvalue weighted by Crippen LogP contribution is 2.93. The maximum absolute atomic E-state index is 12.7. The molecule has 2 amide bonds. The third-order valence-corrected chi connectivity index (χ3v) is 10.2. The van der Waals surface area contributed by atoms with Crippen LogP contribution in [0.1, 0.15) is 37.7 Å². The number of nitrogens with one attached hydrogen (secondary N) is 1. The summed E-state index contributed by atoms with van der Waals surface area (Å²) in [6.07, 6.45) is 6.03. The van der Waals surface area contributed by atoms with Crippen LogP contribution in [-0.4, -0.2) is 54.3 Å². The Balaban J connectivity index is 0.873. The van der Waals surface area contributed by atoms with E-state index in [1.165, 1.54) is 42.0 Å². The average Bonchev–Trinajstić information content (AvgIpc) is 2.78. The van der Waals surface area contributed by atoms with E-state index in [9.17, 15) is 9.59 Å². The number of piperazine rings is 1. The standard InChI is InChI=1S/C28H33N3O2/c32-25(16-27-14-23-12-22-13-24(15-27)28(22,23)27)29-17-26(33)31-9-7-30(8-10-31)18-19-5-6-20-3-1-2-4-21(20)11-19/h1-6,11,22-24H,7-10,12-18H2,(H,29,32). The topological polar surface area (TPSA) is 52.7 Å². The molecule has 172 valence electrons. The van der Waals surface area contributed by atoms with Crippen molar-refractivity contribution in [3.8, 4) is 0 Å². The molecule has 0 bridgehead atoms. The van der Waals surface area contributed by atoms with Crippen LogP contribution in [0.2, 0.25) is 0 Å². The summed E-state index contributed by atoms with van der Waals surface area (Å²) in [5, 5.41) is 5.52. The van der Waals surface area contributed by atoms with Crippen LogP contribution in [0.25, 0.3) is 10.8 Å². The summed E-state index contributed by atoms with van der Waals surface area (Å²) in [6.45, 7) is 4.30. The second kappa shape index (κ2) is 7.05. The van der Waals surface area contributed by atoms with Crippen LogP contribution >= 0.6 is 0 Å². The Morgan fingerprint density at radius 3 is 2.33 bits per heavy atom. The molecular weight excluding hydrogens is 410 g/mol. The van der Waals surface area contributed by atoms with E-state index >= 15 is 0 Å². The van der Waals surface area contributed by atoms with Crippen LogP contribution in [0.5, 0.6) is 0 Å². The minimum atomic E-state index is 0.0625. The highest BCUT2D eigenvalue weighted by Gasteiger charge is 2.87. The zero-order valence-corrected chi connectivity index (χ0v) is 19.3. The summed E-state index contributed by atoms with van der Waals surface area (Å²) in [4.78, 5) is 29.7. The Labute approximate surface area is 195 Å². The van der Waals surface area contributed by atoms with Crippen LogP contribution in [0.15, 0.2) is 42.5 Å². The Kier molecular flexibility index (Phi) is 4.28.